The van der Waals surface area contributed by atoms with E-state index in [0.717, 1.165) is 17.3 Å². The Hall–Kier alpha value is -1.82. The quantitative estimate of drug-likeness (QED) is 0.715. The number of hydrogen-bond acceptors (Lipinski definition) is 5. The number of carbonyl (C=O) groups excluding carboxylic acids is 3. The van der Waals surface area contributed by atoms with Gasteiger partial charge in [0, 0.05) is 7.05 Å². The number of aldehydes is 1. The third-order valence-electron chi connectivity index (χ3n) is 2.42. The molecule has 0 heterocycles. The molecule has 1 atom stereocenters. The molecule has 0 bridgehead atoms. The summed E-state index contributed by atoms with van der Waals surface area (Å²) in [5, 5.41) is 2.09. The van der Waals surface area contributed by atoms with Crippen LogP contribution in [0, 0.1) is 0 Å². The van der Waals surface area contributed by atoms with Gasteiger partial charge in [-0.1, -0.05) is 23.9 Å². The molecule has 19 heavy (non-hydrogen) atoms. The van der Waals surface area contributed by atoms with Gasteiger partial charge in [0.2, 0.25) is 5.91 Å². The third kappa shape index (κ3) is 5.13. The van der Waals surface area contributed by atoms with Crippen molar-refractivity contribution in [2.75, 3.05) is 13.7 Å². The minimum absolute atomic E-state index is 0.0151. The smallest absolute Gasteiger partial charge is 0.233 e. The fraction of sp³-hybridized carbons (Fsp3) is 0.308. The Morgan fingerprint density at radius 1 is 1.37 bits per heavy atom. The molecule has 0 aliphatic heterocycles. The number of carbonyl (C=O) groups is 3. The van der Waals surface area contributed by atoms with Gasteiger partial charge < -0.3 is 10.1 Å². The number of hydrogen-bond donors (Lipinski definition) is 1. The van der Waals surface area contributed by atoms with E-state index in [9.17, 15) is 14.4 Å². The fourth-order valence-electron chi connectivity index (χ4n) is 1.50. The molecule has 0 aromatic heterocycles. The second kappa shape index (κ2) is 8.31. The summed E-state index contributed by atoms with van der Waals surface area (Å²) in [7, 11) is 1.54. The van der Waals surface area contributed by atoms with Gasteiger partial charge in [-0.15, -0.1) is 0 Å². The van der Waals surface area contributed by atoms with Gasteiger partial charge in [-0.05, 0) is 24.1 Å². The summed E-state index contributed by atoms with van der Waals surface area (Å²) < 4.78 is 5.12. The van der Waals surface area contributed by atoms with Crippen LogP contribution in [0.25, 0.3) is 0 Å². The van der Waals surface area contributed by atoms with Gasteiger partial charge in [0.25, 0.3) is 0 Å². The molecule has 102 valence electrons. The number of rotatable bonds is 8. The molecular formula is C13H15NO4S. The minimum atomic E-state index is -0.441. The maximum Gasteiger partial charge on any atom is 0.233 e. The molecule has 1 amide bonds. The van der Waals surface area contributed by atoms with Crippen LogP contribution in [-0.2, 0) is 20.8 Å². The second-order valence-corrected chi connectivity index (χ2v) is 4.69. The number of benzene rings is 1. The SMILES string of the molecule is CNC(=O)C(Cc1ccc(OCC=O)cc1)SC=O. The summed E-state index contributed by atoms with van der Waals surface area (Å²) in [5.74, 6) is 0.411. The van der Waals surface area contributed by atoms with Crippen molar-refractivity contribution in [1.29, 1.82) is 0 Å². The molecule has 5 nitrogen and oxygen atoms in total. The van der Waals surface area contributed by atoms with Crippen LogP contribution < -0.4 is 10.1 Å². The van der Waals surface area contributed by atoms with Gasteiger partial charge >= 0.3 is 0 Å². The number of amides is 1. The van der Waals surface area contributed by atoms with Gasteiger partial charge in [-0.3, -0.25) is 14.4 Å². The first-order valence-electron chi connectivity index (χ1n) is 5.67. The van der Waals surface area contributed by atoms with Crippen molar-refractivity contribution in [2.24, 2.45) is 0 Å². The summed E-state index contributed by atoms with van der Waals surface area (Å²) in [6.45, 7) is 0.0151. The highest BCUT2D eigenvalue weighted by molar-refractivity contribution is 8.13. The van der Waals surface area contributed by atoms with Crippen molar-refractivity contribution >= 4 is 29.6 Å². The van der Waals surface area contributed by atoms with Crippen molar-refractivity contribution in [1.82, 2.24) is 5.32 Å². The molecule has 1 unspecified atom stereocenters. The monoisotopic (exact) mass is 281 g/mol. The Labute approximate surface area is 115 Å². The van der Waals surface area contributed by atoms with E-state index >= 15 is 0 Å². The van der Waals surface area contributed by atoms with Gasteiger partial charge in [0.15, 0.2) is 11.9 Å². The Bertz CT molecular complexity index is 433. The van der Waals surface area contributed by atoms with E-state index in [1.165, 1.54) is 7.05 Å². The summed E-state index contributed by atoms with van der Waals surface area (Å²) in [6, 6.07) is 7.07. The fourth-order valence-corrected chi connectivity index (χ4v) is 2.16. The van der Waals surface area contributed by atoms with Gasteiger partial charge in [0.05, 0.1) is 5.25 Å². The molecule has 1 aromatic carbocycles. The largest absolute Gasteiger partial charge is 0.486 e. The normalized spacial score (nSPS) is 11.4. The van der Waals surface area contributed by atoms with E-state index in [4.69, 9.17) is 4.74 Å². The summed E-state index contributed by atoms with van der Waals surface area (Å²) in [5.41, 5.74) is 1.59. The molecule has 0 fully saturated rings. The van der Waals surface area contributed by atoms with E-state index in [2.05, 4.69) is 5.32 Å². The topological polar surface area (TPSA) is 72.5 Å². The van der Waals surface area contributed by atoms with Crippen LogP contribution in [0.1, 0.15) is 5.56 Å². The number of thioether (sulfide) groups is 1. The lowest BCUT2D eigenvalue weighted by Gasteiger charge is -2.12. The zero-order chi connectivity index (χ0) is 14.1. The van der Waals surface area contributed by atoms with E-state index in [-0.39, 0.29) is 12.5 Å². The third-order valence-corrected chi connectivity index (χ3v) is 3.24. The van der Waals surface area contributed by atoms with Crippen LogP contribution in [0.3, 0.4) is 0 Å². The molecular weight excluding hydrogens is 266 g/mol. The maximum atomic E-state index is 11.6. The summed E-state index contributed by atoms with van der Waals surface area (Å²) in [6.07, 6.45) is 1.13. The highest BCUT2D eigenvalue weighted by Crippen LogP contribution is 2.17. The molecule has 1 aromatic rings. The minimum Gasteiger partial charge on any atom is -0.486 e. The first-order chi connectivity index (χ1) is 9.21. The Balaban J connectivity index is 2.66. The second-order valence-electron chi connectivity index (χ2n) is 3.66. The van der Waals surface area contributed by atoms with E-state index < -0.39 is 5.25 Å². The van der Waals surface area contributed by atoms with Crippen LogP contribution in [0.5, 0.6) is 5.75 Å². The Kier molecular flexibility index (Phi) is 6.67. The first-order valence-corrected chi connectivity index (χ1v) is 6.61. The lowest BCUT2D eigenvalue weighted by Crippen LogP contribution is -2.31. The van der Waals surface area contributed by atoms with Gasteiger partial charge in [0.1, 0.15) is 12.4 Å². The average Bonchev–Trinajstić information content (AvgIpc) is 2.45. The van der Waals surface area contributed by atoms with Crippen LogP contribution in [0.2, 0.25) is 0 Å². The van der Waals surface area contributed by atoms with Gasteiger partial charge in [-0.2, -0.15) is 0 Å². The van der Waals surface area contributed by atoms with Gasteiger partial charge in [-0.25, -0.2) is 0 Å². The van der Waals surface area contributed by atoms with E-state index in [0.29, 0.717) is 24.1 Å². The van der Waals surface area contributed by atoms with Crippen LogP contribution in [-0.4, -0.2) is 36.7 Å². The van der Waals surface area contributed by atoms with Crippen molar-refractivity contribution < 1.29 is 19.1 Å². The van der Waals surface area contributed by atoms with E-state index in [1.807, 2.05) is 0 Å². The predicted octanol–water partition coefficient (Wildman–Crippen LogP) is 0.845. The van der Waals surface area contributed by atoms with Crippen molar-refractivity contribution in [3.05, 3.63) is 29.8 Å². The van der Waals surface area contributed by atoms with E-state index in [1.54, 1.807) is 24.3 Å². The van der Waals surface area contributed by atoms with Crippen LogP contribution in [0.4, 0.5) is 0 Å². The molecule has 0 aliphatic rings. The van der Waals surface area contributed by atoms with Crippen molar-refractivity contribution in [3.63, 3.8) is 0 Å². The molecule has 0 saturated heterocycles. The van der Waals surface area contributed by atoms with Crippen molar-refractivity contribution in [3.8, 4) is 5.75 Å². The Morgan fingerprint density at radius 3 is 2.58 bits per heavy atom. The molecule has 1 rings (SSSR count). The van der Waals surface area contributed by atoms with Crippen molar-refractivity contribution in [2.45, 2.75) is 11.7 Å². The summed E-state index contributed by atoms with van der Waals surface area (Å²) >= 11 is 0.952. The highest BCUT2D eigenvalue weighted by Gasteiger charge is 2.18. The first kappa shape index (κ1) is 15.2. The predicted molar refractivity (Wildman–Crippen MR) is 73.9 cm³/mol. The number of nitrogens with one attached hydrogen (secondary N) is 1. The lowest BCUT2D eigenvalue weighted by atomic mass is 10.1. The molecule has 0 saturated carbocycles. The standard InChI is InChI=1S/C13H15NO4S/c1-14-13(17)12(19-9-16)8-10-2-4-11(5-3-10)18-7-6-15/h2-6,9,12H,7-8H2,1H3,(H,14,17). The van der Waals surface area contributed by atoms with Crippen LogP contribution in [0.15, 0.2) is 24.3 Å². The maximum absolute atomic E-state index is 11.6. The zero-order valence-electron chi connectivity index (χ0n) is 10.5. The Morgan fingerprint density at radius 2 is 2.05 bits per heavy atom. The molecule has 6 heteroatoms. The average molecular weight is 281 g/mol. The highest BCUT2D eigenvalue weighted by atomic mass is 32.2. The van der Waals surface area contributed by atoms with Crippen LogP contribution >= 0.6 is 11.8 Å². The molecule has 0 aliphatic carbocycles. The molecule has 1 N–H and O–H groups in total. The molecule has 0 spiro atoms. The zero-order valence-corrected chi connectivity index (χ0v) is 11.3. The summed E-state index contributed by atoms with van der Waals surface area (Å²) in [4.78, 5) is 32.3. The molecule has 0 radical (unpaired) electrons. The lowest BCUT2D eigenvalue weighted by molar-refractivity contribution is -0.120. The number of ether oxygens (including phenoxy) is 1.